The molecule has 2 nitrogen and oxygen atoms in total. The highest BCUT2D eigenvalue weighted by molar-refractivity contribution is 14.1. The highest BCUT2D eigenvalue weighted by Gasteiger charge is 2.07. The summed E-state index contributed by atoms with van der Waals surface area (Å²) in [6.45, 7) is 0. The number of aromatic nitrogens is 2. The molecule has 0 N–H and O–H groups in total. The topological polar surface area (TPSA) is 25.8 Å². The van der Waals surface area contributed by atoms with Gasteiger partial charge in [0.2, 0.25) is 0 Å². The zero-order valence-electron chi connectivity index (χ0n) is 6.37. The van der Waals surface area contributed by atoms with Crippen molar-refractivity contribution in [1.29, 1.82) is 0 Å². The molecule has 0 saturated heterocycles. The molecule has 0 atom stereocenters. The monoisotopic (exact) mass is 306 g/mol. The van der Waals surface area contributed by atoms with Gasteiger partial charge in [0.15, 0.2) is 0 Å². The zero-order valence-corrected chi connectivity index (χ0v) is 9.34. The molecular weight excluding hydrogens is 302 g/mol. The predicted octanol–water partition coefficient (Wildman–Crippen LogP) is 2.95. The fourth-order valence-corrected chi connectivity index (χ4v) is 1.99. The van der Waals surface area contributed by atoms with E-state index in [9.17, 15) is 4.39 Å². The lowest BCUT2D eigenvalue weighted by Crippen LogP contribution is -1.84. The minimum absolute atomic E-state index is 0.247. The maximum Gasteiger partial charge on any atom is 0.150 e. The Hall–Kier alpha value is -0.560. The van der Waals surface area contributed by atoms with Crippen LogP contribution >= 0.6 is 33.9 Å². The molecule has 0 radical (unpaired) electrons. The van der Waals surface area contributed by atoms with Gasteiger partial charge < -0.3 is 0 Å². The second kappa shape index (κ2) is 3.67. The van der Waals surface area contributed by atoms with Crippen LogP contribution in [0.15, 0.2) is 23.7 Å². The van der Waals surface area contributed by atoms with Gasteiger partial charge in [-0.2, -0.15) is 0 Å². The van der Waals surface area contributed by atoms with Gasteiger partial charge in [-0.25, -0.2) is 4.39 Å². The highest BCUT2D eigenvalue weighted by atomic mass is 127. The fourth-order valence-electron chi connectivity index (χ4n) is 0.953. The van der Waals surface area contributed by atoms with Crippen LogP contribution in [-0.2, 0) is 0 Å². The quantitative estimate of drug-likeness (QED) is 0.757. The highest BCUT2D eigenvalue weighted by Crippen LogP contribution is 2.24. The Morgan fingerprint density at radius 3 is 2.85 bits per heavy atom. The van der Waals surface area contributed by atoms with E-state index in [4.69, 9.17) is 0 Å². The minimum Gasteiger partial charge on any atom is -0.206 e. The molecule has 13 heavy (non-hydrogen) atoms. The lowest BCUT2D eigenvalue weighted by Gasteiger charge is -1.97. The molecule has 1 aromatic heterocycles. The Labute approximate surface area is 92.0 Å². The molecule has 5 heteroatoms. The van der Waals surface area contributed by atoms with Gasteiger partial charge >= 0.3 is 0 Å². The third-order valence-electron chi connectivity index (χ3n) is 1.52. The molecule has 0 amide bonds. The molecule has 0 fully saturated rings. The molecule has 0 bridgehead atoms. The number of halogens is 2. The lowest BCUT2D eigenvalue weighted by molar-refractivity contribution is 0.630. The van der Waals surface area contributed by atoms with Crippen LogP contribution < -0.4 is 0 Å². The number of hydrogen-bond donors (Lipinski definition) is 0. The maximum atomic E-state index is 13.3. The van der Waals surface area contributed by atoms with Crippen LogP contribution in [-0.4, -0.2) is 10.2 Å². The summed E-state index contributed by atoms with van der Waals surface area (Å²) in [5.74, 6) is -0.247. The van der Waals surface area contributed by atoms with Crippen molar-refractivity contribution in [3.05, 3.63) is 33.1 Å². The van der Waals surface area contributed by atoms with E-state index in [1.54, 1.807) is 11.6 Å². The van der Waals surface area contributed by atoms with Crippen LogP contribution in [0, 0.1) is 9.39 Å². The van der Waals surface area contributed by atoms with Crippen LogP contribution in [0.1, 0.15) is 0 Å². The van der Waals surface area contributed by atoms with Crippen molar-refractivity contribution in [2.75, 3.05) is 0 Å². The summed E-state index contributed by atoms with van der Waals surface area (Å²) in [4.78, 5) is 0. The van der Waals surface area contributed by atoms with E-state index in [-0.39, 0.29) is 5.82 Å². The van der Waals surface area contributed by atoms with E-state index in [1.807, 2.05) is 6.07 Å². The Kier molecular flexibility index (Phi) is 2.54. The van der Waals surface area contributed by atoms with E-state index >= 15 is 0 Å². The summed E-state index contributed by atoms with van der Waals surface area (Å²) < 4.78 is 14.2. The first-order chi connectivity index (χ1) is 6.27. The molecule has 0 unspecified atom stereocenters. The molecule has 0 aliphatic heterocycles. The Balaban J connectivity index is 2.53. The van der Waals surface area contributed by atoms with Crippen molar-refractivity contribution >= 4 is 33.9 Å². The summed E-state index contributed by atoms with van der Waals surface area (Å²) in [5.41, 5.74) is 2.11. The van der Waals surface area contributed by atoms with Gasteiger partial charge in [-0.15, -0.1) is 10.2 Å². The van der Waals surface area contributed by atoms with Crippen molar-refractivity contribution in [2.24, 2.45) is 0 Å². The number of nitrogens with zero attached hydrogens (tertiary/aromatic N) is 2. The van der Waals surface area contributed by atoms with E-state index in [1.165, 1.54) is 17.4 Å². The van der Waals surface area contributed by atoms with Crippen LogP contribution in [0.4, 0.5) is 4.39 Å². The van der Waals surface area contributed by atoms with Gasteiger partial charge in [0.05, 0.1) is 0 Å². The Morgan fingerprint density at radius 1 is 1.38 bits per heavy atom. The summed E-state index contributed by atoms with van der Waals surface area (Å²) in [7, 11) is 0. The van der Waals surface area contributed by atoms with Gasteiger partial charge in [0, 0.05) is 9.13 Å². The molecule has 1 heterocycles. The van der Waals surface area contributed by atoms with Gasteiger partial charge in [-0.3, -0.25) is 0 Å². The summed E-state index contributed by atoms with van der Waals surface area (Å²) in [5, 5.41) is 8.08. The summed E-state index contributed by atoms with van der Waals surface area (Å²) >= 11 is 3.40. The van der Waals surface area contributed by atoms with E-state index in [0.29, 0.717) is 10.6 Å². The average Bonchev–Trinajstić information content (AvgIpc) is 2.56. The molecule has 2 rings (SSSR count). The average molecular weight is 306 g/mol. The molecule has 2 aromatic rings. The molecule has 66 valence electrons. The largest absolute Gasteiger partial charge is 0.206 e. The van der Waals surface area contributed by atoms with Crippen LogP contribution in [0.5, 0.6) is 0 Å². The maximum absolute atomic E-state index is 13.3. The normalized spacial score (nSPS) is 10.3. The fraction of sp³-hybridized carbons (Fsp3) is 0. The lowest BCUT2D eigenvalue weighted by atomic mass is 10.2. The second-order valence-corrected chi connectivity index (χ2v) is 4.45. The zero-order chi connectivity index (χ0) is 9.26. The SMILES string of the molecule is Fc1cc(I)ccc1-c1nncs1. The second-order valence-electron chi connectivity index (χ2n) is 2.37. The molecule has 1 aromatic carbocycles. The van der Waals surface area contributed by atoms with E-state index in [0.717, 1.165) is 3.57 Å². The third kappa shape index (κ3) is 1.86. The summed E-state index contributed by atoms with van der Waals surface area (Å²) in [6.07, 6.45) is 0. The summed E-state index contributed by atoms with van der Waals surface area (Å²) in [6, 6.07) is 5.05. The number of benzene rings is 1. The van der Waals surface area contributed by atoms with Gasteiger partial charge in [-0.1, -0.05) is 11.3 Å². The first kappa shape index (κ1) is 9.01. The molecule has 0 saturated carbocycles. The van der Waals surface area contributed by atoms with Crippen molar-refractivity contribution in [2.45, 2.75) is 0 Å². The number of rotatable bonds is 1. The van der Waals surface area contributed by atoms with E-state index in [2.05, 4.69) is 32.8 Å². The molecule has 0 aliphatic rings. The Morgan fingerprint density at radius 2 is 2.23 bits per heavy atom. The van der Waals surface area contributed by atoms with Crippen molar-refractivity contribution in [3.8, 4) is 10.6 Å². The van der Waals surface area contributed by atoms with Gasteiger partial charge in [0.1, 0.15) is 16.3 Å². The van der Waals surface area contributed by atoms with Gasteiger partial charge in [0.25, 0.3) is 0 Å². The first-order valence-electron chi connectivity index (χ1n) is 3.49. The molecular formula is C8H4FIN2S. The van der Waals surface area contributed by atoms with Crippen LogP contribution in [0.2, 0.25) is 0 Å². The van der Waals surface area contributed by atoms with Crippen molar-refractivity contribution in [1.82, 2.24) is 10.2 Å². The number of hydrogen-bond acceptors (Lipinski definition) is 3. The molecule has 0 spiro atoms. The van der Waals surface area contributed by atoms with Crippen molar-refractivity contribution < 1.29 is 4.39 Å². The van der Waals surface area contributed by atoms with E-state index < -0.39 is 0 Å². The first-order valence-corrected chi connectivity index (χ1v) is 5.45. The minimum atomic E-state index is -0.247. The van der Waals surface area contributed by atoms with Gasteiger partial charge in [-0.05, 0) is 40.8 Å². The van der Waals surface area contributed by atoms with Crippen molar-refractivity contribution in [3.63, 3.8) is 0 Å². The van der Waals surface area contributed by atoms with Crippen LogP contribution in [0.3, 0.4) is 0 Å². The van der Waals surface area contributed by atoms with Crippen LogP contribution in [0.25, 0.3) is 10.6 Å². The Bertz CT molecular complexity index is 416. The standard InChI is InChI=1S/C8H4FIN2S/c9-7-3-5(10)1-2-6(7)8-12-11-4-13-8/h1-4H. The predicted molar refractivity (Wildman–Crippen MR) is 58.0 cm³/mol. The third-order valence-corrected chi connectivity index (χ3v) is 2.92. The molecule has 0 aliphatic carbocycles. The smallest absolute Gasteiger partial charge is 0.150 e.